The lowest BCUT2D eigenvalue weighted by molar-refractivity contribution is -0.177. The number of nitrogens with zero attached hydrogens (tertiary/aromatic N) is 1. The molecule has 39 heavy (non-hydrogen) atoms. The van der Waals surface area contributed by atoms with E-state index in [1.165, 1.54) is 10.9 Å². The Kier molecular flexibility index (Phi) is 8.42. The summed E-state index contributed by atoms with van der Waals surface area (Å²) in [6, 6.07) is 8.33. The summed E-state index contributed by atoms with van der Waals surface area (Å²) in [6.45, 7) is 10.1. The quantitative estimate of drug-likeness (QED) is 0.393. The molecule has 3 fully saturated rings. The van der Waals surface area contributed by atoms with Crippen molar-refractivity contribution >= 4 is 22.8 Å². The lowest BCUT2D eigenvalue weighted by Gasteiger charge is -2.40. The molecule has 214 valence electrons. The number of amides is 1. The van der Waals surface area contributed by atoms with Gasteiger partial charge in [0, 0.05) is 10.9 Å². The summed E-state index contributed by atoms with van der Waals surface area (Å²) in [6.07, 6.45) is 12.1. The van der Waals surface area contributed by atoms with E-state index in [0.29, 0.717) is 30.6 Å². The highest BCUT2D eigenvalue weighted by molar-refractivity contribution is 5.87. The van der Waals surface area contributed by atoms with Crippen molar-refractivity contribution in [2.24, 2.45) is 28.9 Å². The van der Waals surface area contributed by atoms with Gasteiger partial charge in [0.25, 0.3) is 5.91 Å². The molecular weight excluding hydrogens is 488 g/mol. The van der Waals surface area contributed by atoms with E-state index in [-0.39, 0.29) is 17.3 Å². The topological polar surface area (TPSA) is 85.8 Å². The first-order valence-corrected chi connectivity index (χ1v) is 15.4. The number of carbonyl (C=O) groups excluding carboxylic acids is 2. The van der Waals surface area contributed by atoms with Crippen LogP contribution in [0.2, 0.25) is 0 Å². The summed E-state index contributed by atoms with van der Waals surface area (Å²) in [4.78, 5) is 28.2. The second-order valence-electron chi connectivity index (χ2n) is 13.7. The van der Waals surface area contributed by atoms with Crippen LogP contribution in [0.25, 0.3) is 11.0 Å². The van der Waals surface area contributed by atoms with Crippen LogP contribution in [0.3, 0.4) is 0 Å². The summed E-state index contributed by atoms with van der Waals surface area (Å²) in [5.74, 6) is 0.987. The van der Waals surface area contributed by atoms with Crippen LogP contribution < -0.4 is 5.73 Å². The Bertz CT molecular complexity index is 1120. The second kappa shape index (κ2) is 11.6. The fourth-order valence-electron chi connectivity index (χ4n) is 7.45. The minimum Gasteiger partial charge on any atom is -0.464 e. The Morgan fingerprint density at radius 1 is 1.00 bits per heavy atom. The Morgan fingerprint density at radius 2 is 1.67 bits per heavy atom. The molecule has 0 spiro atoms. The van der Waals surface area contributed by atoms with Gasteiger partial charge in [0.1, 0.15) is 5.58 Å². The van der Waals surface area contributed by atoms with Crippen LogP contribution in [0.4, 0.5) is 0 Å². The van der Waals surface area contributed by atoms with Crippen LogP contribution >= 0.6 is 0 Å². The third kappa shape index (κ3) is 6.37. The molecule has 2 aliphatic carbocycles. The molecule has 2 N–H and O–H groups in total. The van der Waals surface area contributed by atoms with Crippen molar-refractivity contribution in [3.8, 4) is 0 Å². The molecule has 3 aliphatic rings. The molecule has 1 aromatic carbocycles. The molecule has 0 unspecified atom stereocenters. The monoisotopic (exact) mass is 536 g/mol. The fourth-order valence-corrected chi connectivity index (χ4v) is 7.45. The van der Waals surface area contributed by atoms with Gasteiger partial charge in [-0.05, 0) is 119 Å². The van der Waals surface area contributed by atoms with Crippen molar-refractivity contribution in [3.63, 3.8) is 0 Å². The summed E-state index contributed by atoms with van der Waals surface area (Å²) in [5, 5.41) is 1.26. The third-order valence-electron chi connectivity index (χ3n) is 10.3. The standard InChI is InChI=1S/C33H48N2O4/c1-32(2,3)26-10-8-25(9-11-26)30(36)39-33(31(34)37)17-12-23(13-18-33)14-19-35-20-15-24(16-21-35)28-22-38-29-7-5-4-6-27(28)29/h4-7,22-26H,8-21H2,1-3H3,(H2,34,37). The summed E-state index contributed by atoms with van der Waals surface area (Å²) < 4.78 is 11.8. The van der Waals surface area contributed by atoms with Crippen LogP contribution in [-0.2, 0) is 14.3 Å². The molecule has 2 heterocycles. The number of para-hydroxylation sites is 1. The van der Waals surface area contributed by atoms with Gasteiger partial charge in [-0.3, -0.25) is 9.59 Å². The average Bonchev–Trinajstić information content (AvgIpc) is 3.37. The third-order valence-corrected chi connectivity index (χ3v) is 10.3. The SMILES string of the molecule is CC(C)(C)C1CCC(C(=O)OC2(C(N)=O)CCC(CCN3CCC(c4coc5ccccc45)CC3)CC2)CC1. The van der Waals surface area contributed by atoms with E-state index in [1.54, 1.807) is 0 Å². The van der Waals surface area contributed by atoms with E-state index in [9.17, 15) is 9.59 Å². The number of primary amides is 1. The Morgan fingerprint density at radius 3 is 2.31 bits per heavy atom. The van der Waals surface area contributed by atoms with Gasteiger partial charge >= 0.3 is 5.97 Å². The second-order valence-corrected chi connectivity index (χ2v) is 13.7. The van der Waals surface area contributed by atoms with Gasteiger partial charge in [-0.1, -0.05) is 39.0 Å². The number of ether oxygens (including phenoxy) is 1. The van der Waals surface area contributed by atoms with Gasteiger partial charge < -0.3 is 19.8 Å². The van der Waals surface area contributed by atoms with Crippen LogP contribution in [0.5, 0.6) is 0 Å². The largest absolute Gasteiger partial charge is 0.464 e. The number of carbonyl (C=O) groups is 2. The number of furan rings is 1. The van der Waals surface area contributed by atoms with Crippen LogP contribution in [0, 0.1) is 23.2 Å². The van der Waals surface area contributed by atoms with Crippen LogP contribution in [0.1, 0.15) is 103 Å². The summed E-state index contributed by atoms with van der Waals surface area (Å²) in [7, 11) is 0. The van der Waals surface area contributed by atoms with Crippen molar-refractivity contribution < 1.29 is 18.7 Å². The Hall–Kier alpha value is -2.34. The molecule has 0 radical (unpaired) electrons. The zero-order valence-corrected chi connectivity index (χ0v) is 24.3. The molecule has 2 aromatic rings. The van der Waals surface area contributed by atoms with E-state index in [1.807, 2.05) is 18.4 Å². The fraction of sp³-hybridized carbons (Fsp3) is 0.697. The number of esters is 1. The maximum Gasteiger partial charge on any atom is 0.309 e. The van der Waals surface area contributed by atoms with Crippen LogP contribution in [0.15, 0.2) is 34.9 Å². The average molecular weight is 537 g/mol. The number of hydrogen-bond donors (Lipinski definition) is 1. The van der Waals surface area contributed by atoms with E-state index < -0.39 is 11.5 Å². The molecule has 1 amide bonds. The molecule has 2 saturated carbocycles. The van der Waals surface area contributed by atoms with E-state index in [4.69, 9.17) is 14.9 Å². The van der Waals surface area contributed by atoms with Crippen LogP contribution in [-0.4, -0.2) is 42.0 Å². The lowest BCUT2D eigenvalue weighted by Crippen LogP contribution is -2.51. The molecule has 6 heteroatoms. The lowest BCUT2D eigenvalue weighted by atomic mass is 9.70. The highest BCUT2D eigenvalue weighted by Gasteiger charge is 2.45. The maximum absolute atomic E-state index is 13.1. The van der Waals surface area contributed by atoms with Crippen molar-refractivity contribution in [2.75, 3.05) is 19.6 Å². The number of benzene rings is 1. The number of rotatable bonds is 7. The zero-order chi connectivity index (χ0) is 27.6. The Balaban J connectivity index is 1.06. The van der Waals surface area contributed by atoms with Gasteiger partial charge in [-0.15, -0.1) is 0 Å². The molecule has 1 aliphatic heterocycles. The normalized spacial score (nSPS) is 29.4. The van der Waals surface area contributed by atoms with Crippen molar-refractivity contribution in [1.29, 1.82) is 0 Å². The predicted octanol–water partition coefficient (Wildman–Crippen LogP) is 6.81. The molecule has 6 nitrogen and oxygen atoms in total. The number of hydrogen-bond acceptors (Lipinski definition) is 5. The van der Waals surface area contributed by atoms with E-state index in [0.717, 1.165) is 83.0 Å². The minimum atomic E-state index is -1.11. The molecule has 0 atom stereocenters. The van der Waals surface area contributed by atoms with Gasteiger partial charge in [-0.2, -0.15) is 0 Å². The van der Waals surface area contributed by atoms with Gasteiger partial charge in [-0.25, -0.2) is 0 Å². The molecule has 0 bridgehead atoms. The van der Waals surface area contributed by atoms with E-state index >= 15 is 0 Å². The Labute approximate surface area is 234 Å². The van der Waals surface area contributed by atoms with Gasteiger partial charge in [0.05, 0.1) is 12.2 Å². The first-order valence-electron chi connectivity index (χ1n) is 15.4. The first-order chi connectivity index (χ1) is 18.6. The predicted molar refractivity (Wildman–Crippen MR) is 154 cm³/mol. The first kappa shape index (κ1) is 28.2. The molecular formula is C33H48N2O4. The number of likely N-dealkylation sites (tertiary alicyclic amines) is 1. The minimum absolute atomic E-state index is 0.0967. The van der Waals surface area contributed by atoms with E-state index in [2.05, 4.69) is 37.8 Å². The molecule has 1 aromatic heterocycles. The summed E-state index contributed by atoms with van der Waals surface area (Å²) >= 11 is 0. The number of fused-ring (bicyclic) bond motifs is 1. The molecule has 5 rings (SSSR count). The van der Waals surface area contributed by atoms with Crippen molar-refractivity contribution in [1.82, 2.24) is 4.90 Å². The molecule has 1 saturated heterocycles. The highest BCUT2D eigenvalue weighted by Crippen LogP contribution is 2.42. The smallest absolute Gasteiger partial charge is 0.309 e. The summed E-state index contributed by atoms with van der Waals surface area (Å²) in [5.41, 5.74) is 7.35. The number of nitrogens with two attached hydrogens (primary N) is 1. The van der Waals surface area contributed by atoms with Gasteiger partial charge in [0.2, 0.25) is 0 Å². The number of piperidine rings is 1. The van der Waals surface area contributed by atoms with Gasteiger partial charge in [0.15, 0.2) is 5.60 Å². The van der Waals surface area contributed by atoms with Crippen molar-refractivity contribution in [2.45, 2.75) is 103 Å². The zero-order valence-electron chi connectivity index (χ0n) is 24.3. The highest BCUT2D eigenvalue weighted by atomic mass is 16.6. The maximum atomic E-state index is 13.1. The van der Waals surface area contributed by atoms with Crippen molar-refractivity contribution in [3.05, 3.63) is 36.1 Å².